The monoisotopic (exact) mass is 451 g/mol. The van der Waals surface area contributed by atoms with Gasteiger partial charge in [0.2, 0.25) is 0 Å². The topological polar surface area (TPSA) is 52.4 Å². The van der Waals surface area contributed by atoms with Crippen LogP contribution >= 0.6 is 0 Å². The van der Waals surface area contributed by atoms with Crippen LogP contribution in [0.25, 0.3) is 33.4 Å². The second-order valence-electron chi connectivity index (χ2n) is 8.39. The summed E-state index contributed by atoms with van der Waals surface area (Å²) in [6, 6.07) is 31.7. The van der Waals surface area contributed by atoms with Crippen molar-refractivity contribution in [2.45, 2.75) is 32.6 Å². The number of nitrogens with zero attached hydrogens (tertiary/aromatic N) is 1. The van der Waals surface area contributed by atoms with Crippen LogP contribution in [0.2, 0.25) is 0 Å². The maximum Gasteiger partial charge on any atom is 0.269 e. The molecule has 0 aliphatic rings. The van der Waals surface area contributed by atoms with E-state index in [4.69, 9.17) is 4.74 Å². The van der Waals surface area contributed by atoms with E-state index in [2.05, 4.69) is 55.5 Å². The van der Waals surface area contributed by atoms with E-state index in [0.717, 1.165) is 41.0 Å². The Morgan fingerprint density at radius 1 is 0.588 bits per heavy atom. The number of non-ortho nitro benzene ring substituents is 1. The fourth-order valence-electron chi connectivity index (χ4n) is 3.95. The SMILES string of the molecule is CCCCCCOc1ccc(-c2ccc(-c3ccc(-c4ccc([N+](=O)[O-])cc4)cc3)cc2)cc1. The van der Waals surface area contributed by atoms with Crippen LogP contribution in [0.15, 0.2) is 97.1 Å². The van der Waals surface area contributed by atoms with Gasteiger partial charge in [-0.1, -0.05) is 86.8 Å². The summed E-state index contributed by atoms with van der Waals surface area (Å²) >= 11 is 0. The zero-order valence-electron chi connectivity index (χ0n) is 19.4. The summed E-state index contributed by atoms with van der Waals surface area (Å²) in [6.07, 6.45) is 4.83. The molecule has 0 N–H and O–H groups in total. The van der Waals surface area contributed by atoms with Crippen LogP contribution in [0.4, 0.5) is 5.69 Å². The lowest BCUT2D eigenvalue weighted by molar-refractivity contribution is -0.384. The zero-order valence-corrected chi connectivity index (χ0v) is 19.4. The summed E-state index contributed by atoms with van der Waals surface area (Å²) in [5, 5.41) is 10.8. The van der Waals surface area contributed by atoms with Gasteiger partial charge in [0.05, 0.1) is 11.5 Å². The molecule has 0 aromatic heterocycles. The quantitative estimate of drug-likeness (QED) is 0.138. The molecule has 4 aromatic carbocycles. The zero-order chi connectivity index (χ0) is 23.8. The lowest BCUT2D eigenvalue weighted by Crippen LogP contribution is -1.96. The Morgan fingerprint density at radius 3 is 1.35 bits per heavy atom. The molecule has 0 fully saturated rings. The Balaban J connectivity index is 1.39. The first-order valence-electron chi connectivity index (χ1n) is 11.8. The van der Waals surface area contributed by atoms with Crippen LogP contribution in [0.3, 0.4) is 0 Å². The van der Waals surface area contributed by atoms with Crippen LogP contribution in [0.5, 0.6) is 5.75 Å². The van der Waals surface area contributed by atoms with Gasteiger partial charge in [-0.2, -0.15) is 0 Å². The maximum absolute atomic E-state index is 10.8. The molecule has 0 aliphatic carbocycles. The van der Waals surface area contributed by atoms with Crippen molar-refractivity contribution in [2.24, 2.45) is 0 Å². The summed E-state index contributed by atoms with van der Waals surface area (Å²) in [7, 11) is 0. The number of hydrogen-bond acceptors (Lipinski definition) is 3. The first kappa shape index (κ1) is 23.2. The van der Waals surface area contributed by atoms with Gasteiger partial charge in [0.15, 0.2) is 0 Å². The predicted octanol–water partition coefficient (Wildman–Crippen LogP) is 8.55. The standard InChI is InChI=1S/C30H29NO3/c1-2-3-4-5-22-34-30-20-16-28(17-21-30)26-12-8-24(9-13-26)23-6-10-25(11-7-23)27-14-18-29(19-15-27)31(32)33/h6-21H,2-5,22H2,1H3. The summed E-state index contributed by atoms with van der Waals surface area (Å²) in [4.78, 5) is 10.5. The van der Waals surface area contributed by atoms with E-state index in [1.807, 2.05) is 24.3 Å². The Labute approximate surface area is 201 Å². The number of ether oxygens (including phenoxy) is 1. The highest BCUT2D eigenvalue weighted by Gasteiger charge is 2.06. The molecule has 0 unspecified atom stereocenters. The van der Waals surface area contributed by atoms with Gasteiger partial charge in [-0.05, 0) is 64.1 Å². The third kappa shape index (κ3) is 5.90. The van der Waals surface area contributed by atoms with Crippen molar-refractivity contribution >= 4 is 5.69 Å². The maximum atomic E-state index is 10.8. The summed E-state index contributed by atoms with van der Waals surface area (Å²) < 4.78 is 5.85. The van der Waals surface area contributed by atoms with E-state index in [1.54, 1.807) is 12.1 Å². The molecule has 172 valence electrons. The Kier molecular flexibility index (Phi) is 7.71. The van der Waals surface area contributed by atoms with Crippen molar-refractivity contribution in [1.29, 1.82) is 0 Å². The highest BCUT2D eigenvalue weighted by molar-refractivity contribution is 5.73. The van der Waals surface area contributed by atoms with Crippen molar-refractivity contribution < 1.29 is 9.66 Å². The van der Waals surface area contributed by atoms with E-state index in [1.165, 1.54) is 42.5 Å². The van der Waals surface area contributed by atoms with Crippen LogP contribution in [0, 0.1) is 10.1 Å². The number of nitro groups is 1. The Bertz CT molecular complexity index is 1200. The van der Waals surface area contributed by atoms with E-state index in [9.17, 15) is 10.1 Å². The van der Waals surface area contributed by atoms with Gasteiger partial charge in [0, 0.05) is 12.1 Å². The minimum Gasteiger partial charge on any atom is -0.494 e. The fraction of sp³-hybridized carbons (Fsp3) is 0.200. The van der Waals surface area contributed by atoms with E-state index < -0.39 is 0 Å². The molecule has 4 rings (SSSR count). The van der Waals surface area contributed by atoms with Gasteiger partial charge in [0.25, 0.3) is 5.69 Å². The van der Waals surface area contributed by atoms with Gasteiger partial charge in [-0.3, -0.25) is 10.1 Å². The number of nitro benzene ring substituents is 1. The molecule has 0 spiro atoms. The number of hydrogen-bond donors (Lipinski definition) is 0. The normalized spacial score (nSPS) is 10.7. The van der Waals surface area contributed by atoms with Gasteiger partial charge < -0.3 is 4.74 Å². The molecular weight excluding hydrogens is 422 g/mol. The molecule has 4 aromatic rings. The van der Waals surface area contributed by atoms with Crippen molar-refractivity contribution in [3.05, 3.63) is 107 Å². The third-order valence-corrected chi connectivity index (χ3v) is 5.97. The van der Waals surface area contributed by atoms with Gasteiger partial charge in [0.1, 0.15) is 5.75 Å². The summed E-state index contributed by atoms with van der Waals surface area (Å²) in [5.41, 5.74) is 6.70. The molecule has 0 aliphatic heterocycles. The third-order valence-electron chi connectivity index (χ3n) is 5.97. The average molecular weight is 452 g/mol. The molecule has 0 heterocycles. The van der Waals surface area contributed by atoms with Gasteiger partial charge in [-0.25, -0.2) is 0 Å². The highest BCUT2D eigenvalue weighted by Crippen LogP contribution is 2.29. The molecule has 0 saturated carbocycles. The molecule has 4 heteroatoms. The van der Waals surface area contributed by atoms with Crippen LogP contribution < -0.4 is 4.74 Å². The average Bonchev–Trinajstić information content (AvgIpc) is 2.89. The van der Waals surface area contributed by atoms with E-state index >= 15 is 0 Å². The largest absolute Gasteiger partial charge is 0.494 e. The van der Waals surface area contributed by atoms with Crippen molar-refractivity contribution in [3.63, 3.8) is 0 Å². The first-order chi connectivity index (χ1) is 16.6. The van der Waals surface area contributed by atoms with Crippen molar-refractivity contribution in [1.82, 2.24) is 0 Å². The number of benzene rings is 4. The first-order valence-corrected chi connectivity index (χ1v) is 11.8. The molecular formula is C30H29NO3. The Morgan fingerprint density at radius 2 is 0.971 bits per heavy atom. The fourth-order valence-corrected chi connectivity index (χ4v) is 3.95. The minimum atomic E-state index is -0.381. The minimum absolute atomic E-state index is 0.102. The van der Waals surface area contributed by atoms with Gasteiger partial charge >= 0.3 is 0 Å². The predicted molar refractivity (Wildman–Crippen MR) is 139 cm³/mol. The van der Waals surface area contributed by atoms with E-state index in [0.29, 0.717) is 0 Å². The highest BCUT2D eigenvalue weighted by atomic mass is 16.6. The van der Waals surface area contributed by atoms with E-state index in [-0.39, 0.29) is 10.6 Å². The molecule has 0 radical (unpaired) electrons. The molecule has 0 amide bonds. The molecule has 34 heavy (non-hydrogen) atoms. The van der Waals surface area contributed by atoms with Crippen molar-refractivity contribution in [3.8, 4) is 39.1 Å². The second-order valence-corrected chi connectivity index (χ2v) is 8.39. The smallest absolute Gasteiger partial charge is 0.269 e. The second kappa shape index (κ2) is 11.3. The molecule has 0 saturated heterocycles. The molecule has 4 nitrogen and oxygen atoms in total. The lowest BCUT2D eigenvalue weighted by atomic mass is 9.98. The molecule has 0 bridgehead atoms. The van der Waals surface area contributed by atoms with Crippen LogP contribution in [-0.2, 0) is 0 Å². The Hall–Kier alpha value is -3.92. The van der Waals surface area contributed by atoms with Crippen molar-refractivity contribution in [2.75, 3.05) is 6.61 Å². The van der Waals surface area contributed by atoms with Gasteiger partial charge in [-0.15, -0.1) is 0 Å². The van der Waals surface area contributed by atoms with Crippen LogP contribution in [-0.4, -0.2) is 11.5 Å². The lowest BCUT2D eigenvalue weighted by Gasteiger charge is -2.09. The summed E-state index contributed by atoms with van der Waals surface area (Å²) in [6.45, 7) is 2.99. The van der Waals surface area contributed by atoms with Crippen LogP contribution in [0.1, 0.15) is 32.6 Å². The molecule has 0 atom stereocenters. The number of rotatable bonds is 10. The summed E-state index contributed by atoms with van der Waals surface area (Å²) in [5.74, 6) is 0.921. The number of unbranched alkanes of at least 4 members (excludes halogenated alkanes) is 3.